The standard InChI is InChI=1S/C12H16F2N2O4S/c1-15(2)21(19,20)8-4-5-10(9(6-8)12(17)18)16(3)7-11(13)14/h4-6,11H,7H2,1-3H3,(H,17,18). The molecule has 0 atom stereocenters. The summed E-state index contributed by atoms with van der Waals surface area (Å²) in [6.45, 7) is -0.653. The summed E-state index contributed by atoms with van der Waals surface area (Å²) in [5.74, 6) is -1.39. The summed E-state index contributed by atoms with van der Waals surface area (Å²) in [6, 6.07) is 3.37. The van der Waals surface area contributed by atoms with E-state index in [1.165, 1.54) is 33.3 Å². The van der Waals surface area contributed by atoms with E-state index >= 15 is 0 Å². The van der Waals surface area contributed by atoms with Gasteiger partial charge in [-0.25, -0.2) is 26.3 Å². The SMILES string of the molecule is CN(CC(F)F)c1ccc(S(=O)(=O)N(C)C)cc1C(=O)O. The highest BCUT2D eigenvalue weighted by molar-refractivity contribution is 7.89. The molecule has 0 aliphatic rings. The van der Waals surface area contributed by atoms with Gasteiger partial charge in [-0.2, -0.15) is 0 Å². The fourth-order valence-corrected chi connectivity index (χ4v) is 2.62. The molecule has 118 valence electrons. The molecule has 0 saturated heterocycles. The molecule has 9 heteroatoms. The van der Waals surface area contributed by atoms with Crippen LogP contribution in [0.3, 0.4) is 0 Å². The molecule has 0 unspecified atom stereocenters. The van der Waals surface area contributed by atoms with Gasteiger partial charge in [0.05, 0.1) is 22.7 Å². The molecule has 0 amide bonds. The van der Waals surface area contributed by atoms with Gasteiger partial charge in [0.1, 0.15) is 0 Å². The maximum atomic E-state index is 12.4. The van der Waals surface area contributed by atoms with Crippen LogP contribution in [0.1, 0.15) is 10.4 Å². The lowest BCUT2D eigenvalue weighted by Crippen LogP contribution is -2.27. The summed E-state index contributed by atoms with van der Waals surface area (Å²) in [5, 5.41) is 9.15. The number of benzene rings is 1. The summed E-state index contributed by atoms with van der Waals surface area (Å²) < 4.78 is 49.6. The molecule has 0 fully saturated rings. The Morgan fingerprint density at radius 1 is 1.29 bits per heavy atom. The first kappa shape index (κ1) is 17.3. The molecular formula is C12H16F2N2O4S. The van der Waals surface area contributed by atoms with Gasteiger partial charge in [0.25, 0.3) is 6.43 Å². The Bertz CT molecular complexity index is 632. The average Bonchev–Trinajstić information content (AvgIpc) is 2.36. The number of rotatable bonds is 6. The lowest BCUT2D eigenvalue weighted by molar-refractivity contribution is 0.0696. The van der Waals surface area contributed by atoms with Crippen molar-refractivity contribution in [1.29, 1.82) is 0 Å². The maximum Gasteiger partial charge on any atom is 0.337 e. The van der Waals surface area contributed by atoms with Crippen molar-refractivity contribution >= 4 is 21.7 Å². The number of nitrogens with zero attached hydrogens (tertiary/aromatic N) is 2. The van der Waals surface area contributed by atoms with Crippen LogP contribution in [0.4, 0.5) is 14.5 Å². The lowest BCUT2D eigenvalue weighted by Gasteiger charge is -2.21. The van der Waals surface area contributed by atoms with Gasteiger partial charge >= 0.3 is 5.97 Å². The number of halogens is 2. The molecule has 1 aromatic carbocycles. The van der Waals surface area contributed by atoms with Crippen LogP contribution >= 0.6 is 0 Å². The van der Waals surface area contributed by atoms with E-state index < -0.39 is 29.0 Å². The monoisotopic (exact) mass is 322 g/mol. The van der Waals surface area contributed by atoms with E-state index in [4.69, 9.17) is 5.11 Å². The van der Waals surface area contributed by atoms with Crippen molar-refractivity contribution in [3.05, 3.63) is 23.8 Å². The molecule has 6 nitrogen and oxygen atoms in total. The Kier molecular flexibility index (Phi) is 5.24. The van der Waals surface area contributed by atoms with Gasteiger partial charge in [-0.15, -0.1) is 0 Å². The van der Waals surface area contributed by atoms with Crippen molar-refractivity contribution in [2.45, 2.75) is 11.3 Å². The van der Waals surface area contributed by atoms with E-state index in [-0.39, 0.29) is 16.1 Å². The van der Waals surface area contributed by atoms with Gasteiger partial charge in [0, 0.05) is 21.1 Å². The first-order chi connectivity index (χ1) is 9.57. The minimum atomic E-state index is -3.80. The molecule has 0 bridgehead atoms. The minimum absolute atomic E-state index is 0.0282. The van der Waals surface area contributed by atoms with Gasteiger partial charge in [0.2, 0.25) is 10.0 Å². The maximum absolute atomic E-state index is 12.4. The second-order valence-electron chi connectivity index (χ2n) is 4.54. The van der Waals surface area contributed by atoms with Gasteiger partial charge < -0.3 is 10.0 Å². The fraction of sp³-hybridized carbons (Fsp3) is 0.417. The Hall–Kier alpha value is -1.74. The number of carbonyl (C=O) groups is 1. The summed E-state index contributed by atoms with van der Waals surface area (Å²) in [6.07, 6.45) is -2.64. The van der Waals surface area contributed by atoms with Crippen LogP contribution < -0.4 is 4.90 Å². The first-order valence-corrected chi connectivity index (χ1v) is 7.30. The third kappa shape index (κ3) is 3.88. The third-order valence-corrected chi connectivity index (χ3v) is 4.61. The highest BCUT2D eigenvalue weighted by Gasteiger charge is 2.22. The largest absolute Gasteiger partial charge is 0.478 e. The van der Waals surface area contributed by atoms with Crippen molar-refractivity contribution in [2.24, 2.45) is 0 Å². The number of carboxylic acid groups (broad SMARTS) is 1. The molecule has 1 aromatic rings. The molecule has 0 aromatic heterocycles. The zero-order valence-corrected chi connectivity index (χ0v) is 12.6. The second kappa shape index (κ2) is 6.35. The third-order valence-electron chi connectivity index (χ3n) is 2.80. The predicted octanol–water partition coefficient (Wildman–Crippen LogP) is 1.34. The van der Waals surface area contributed by atoms with E-state index in [1.54, 1.807) is 0 Å². The molecule has 21 heavy (non-hydrogen) atoms. The number of alkyl halides is 2. The molecule has 0 aliphatic heterocycles. The van der Waals surface area contributed by atoms with Gasteiger partial charge in [-0.05, 0) is 18.2 Å². The minimum Gasteiger partial charge on any atom is -0.478 e. The average molecular weight is 322 g/mol. The smallest absolute Gasteiger partial charge is 0.337 e. The molecule has 0 radical (unpaired) electrons. The van der Waals surface area contributed by atoms with Crippen LogP contribution in [0.25, 0.3) is 0 Å². The van der Waals surface area contributed by atoms with E-state index in [2.05, 4.69) is 0 Å². The summed E-state index contributed by atoms with van der Waals surface area (Å²) in [7, 11) is 0.143. The number of hydrogen-bond acceptors (Lipinski definition) is 4. The summed E-state index contributed by atoms with van der Waals surface area (Å²) >= 11 is 0. The van der Waals surface area contributed by atoms with Crippen molar-refractivity contribution < 1.29 is 27.1 Å². The van der Waals surface area contributed by atoms with Crippen LogP contribution in [0.2, 0.25) is 0 Å². The normalized spacial score (nSPS) is 12.0. The number of hydrogen-bond donors (Lipinski definition) is 1. The highest BCUT2D eigenvalue weighted by Crippen LogP contribution is 2.25. The Morgan fingerprint density at radius 2 is 1.86 bits per heavy atom. The van der Waals surface area contributed by atoms with E-state index in [0.29, 0.717) is 0 Å². The number of sulfonamides is 1. The summed E-state index contributed by atoms with van der Waals surface area (Å²) in [5.41, 5.74) is -0.318. The quantitative estimate of drug-likeness (QED) is 0.855. The topological polar surface area (TPSA) is 77.9 Å². The van der Waals surface area contributed by atoms with Crippen LogP contribution in [0.5, 0.6) is 0 Å². The molecule has 1 N–H and O–H groups in total. The van der Waals surface area contributed by atoms with Crippen molar-refractivity contribution in [2.75, 3.05) is 32.6 Å². The van der Waals surface area contributed by atoms with E-state index in [9.17, 15) is 22.0 Å². The fourth-order valence-electron chi connectivity index (χ4n) is 1.70. The Morgan fingerprint density at radius 3 is 2.29 bits per heavy atom. The Balaban J connectivity index is 3.36. The van der Waals surface area contributed by atoms with Crippen LogP contribution in [0.15, 0.2) is 23.1 Å². The zero-order chi connectivity index (χ0) is 16.4. The molecule has 0 saturated carbocycles. The van der Waals surface area contributed by atoms with Gasteiger partial charge in [0.15, 0.2) is 0 Å². The molecule has 0 aliphatic carbocycles. The molecule has 1 rings (SSSR count). The zero-order valence-electron chi connectivity index (χ0n) is 11.7. The highest BCUT2D eigenvalue weighted by atomic mass is 32.2. The second-order valence-corrected chi connectivity index (χ2v) is 6.69. The molecule has 0 heterocycles. The predicted molar refractivity (Wildman–Crippen MR) is 73.5 cm³/mol. The summed E-state index contributed by atoms with van der Waals surface area (Å²) in [4.78, 5) is 12.1. The van der Waals surface area contributed by atoms with Crippen molar-refractivity contribution in [3.63, 3.8) is 0 Å². The van der Waals surface area contributed by atoms with Crippen LogP contribution in [0, 0.1) is 0 Å². The Labute approximate surface area is 121 Å². The number of aromatic carboxylic acids is 1. The number of carboxylic acids is 1. The number of anilines is 1. The van der Waals surface area contributed by atoms with Crippen LogP contribution in [-0.4, -0.2) is 57.9 Å². The molecular weight excluding hydrogens is 306 g/mol. The first-order valence-electron chi connectivity index (χ1n) is 5.86. The van der Waals surface area contributed by atoms with Crippen molar-refractivity contribution in [1.82, 2.24) is 4.31 Å². The van der Waals surface area contributed by atoms with Crippen LogP contribution in [-0.2, 0) is 10.0 Å². The lowest BCUT2D eigenvalue weighted by atomic mass is 10.1. The van der Waals surface area contributed by atoms with Gasteiger partial charge in [-0.3, -0.25) is 0 Å². The molecule has 0 spiro atoms. The van der Waals surface area contributed by atoms with E-state index in [0.717, 1.165) is 15.3 Å². The van der Waals surface area contributed by atoms with Crippen molar-refractivity contribution in [3.8, 4) is 0 Å². The van der Waals surface area contributed by atoms with E-state index in [1.807, 2.05) is 0 Å². The van der Waals surface area contributed by atoms with Gasteiger partial charge in [-0.1, -0.05) is 0 Å².